The fourth-order valence-electron chi connectivity index (χ4n) is 4.10. The van der Waals surface area contributed by atoms with E-state index in [2.05, 4.69) is 24.8 Å². The van der Waals surface area contributed by atoms with Crippen LogP contribution < -0.4 is 5.32 Å². The first-order valence-corrected chi connectivity index (χ1v) is 11.0. The standard InChI is InChI=1S/C24H23F2N7O/c25-18-3-4-19(26)21(16-18)30-24(34)32-13-10-31(11-14-32)12-15-33-22(17-5-8-27-9-6-17)29-20-2-1-7-28-23(20)33/h1-9,16H,10-15H2,(H,30,34). The van der Waals surface area contributed by atoms with Gasteiger partial charge in [0.05, 0.1) is 5.69 Å². The molecule has 0 unspecified atom stereocenters. The highest BCUT2D eigenvalue weighted by Gasteiger charge is 2.23. The van der Waals surface area contributed by atoms with Crippen molar-refractivity contribution in [2.45, 2.75) is 6.54 Å². The van der Waals surface area contributed by atoms with Gasteiger partial charge in [-0.15, -0.1) is 0 Å². The number of imidazole rings is 1. The van der Waals surface area contributed by atoms with Crippen LogP contribution in [-0.2, 0) is 6.54 Å². The van der Waals surface area contributed by atoms with Crippen LogP contribution in [0.15, 0.2) is 61.1 Å². The first-order valence-electron chi connectivity index (χ1n) is 11.0. The van der Waals surface area contributed by atoms with Crippen molar-refractivity contribution >= 4 is 22.9 Å². The van der Waals surface area contributed by atoms with E-state index < -0.39 is 17.7 Å². The molecule has 2 amide bonds. The Kier molecular flexibility index (Phi) is 6.13. The predicted octanol–water partition coefficient (Wildman–Crippen LogP) is 3.62. The monoisotopic (exact) mass is 463 g/mol. The Morgan fingerprint density at radius 2 is 1.76 bits per heavy atom. The van der Waals surface area contributed by atoms with Crippen LogP contribution in [0, 0.1) is 11.6 Å². The minimum Gasteiger partial charge on any atom is -0.322 e. The lowest BCUT2D eigenvalue weighted by atomic mass is 10.2. The van der Waals surface area contributed by atoms with Crippen LogP contribution in [0.3, 0.4) is 0 Å². The van der Waals surface area contributed by atoms with E-state index >= 15 is 0 Å². The zero-order chi connectivity index (χ0) is 23.5. The minimum atomic E-state index is -0.667. The van der Waals surface area contributed by atoms with Crippen LogP contribution in [0.4, 0.5) is 19.3 Å². The van der Waals surface area contributed by atoms with Crippen molar-refractivity contribution in [3.8, 4) is 11.4 Å². The summed E-state index contributed by atoms with van der Waals surface area (Å²) in [6.45, 7) is 3.76. The van der Waals surface area contributed by atoms with Gasteiger partial charge in [0.25, 0.3) is 0 Å². The summed E-state index contributed by atoms with van der Waals surface area (Å²) in [7, 11) is 0. The summed E-state index contributed by atoms with van der Waals surface area (Å²) in [5, 5.41) is 2.46. The van der Waals surface area contributed by atoms with E-state index in [4.69, 9.17) is 4.98 Å². The van der Waals surface area contributed by atoms with E-state index in [1.54, 1.807) is 23.5 Å². The SMILES string of the molecule is O=C(Nc1cc(F)ccc1F)N1CCN(CCn2c(-c3ccncc3)nc3cccnc32)CC1. The molecule has 8 nitrogen and oxygen atoms in total. The molecule has 0 radical (unpaired) electrons. The molecular weight excluding hydrogens is 440 g/mol. The number of halogens is 2. The molecule has 0 saturated carbocycles. The number of carbonyl (C=O) groups excluding carboxylic acids is 1. The summed E-state index contributed by atoms with van der Waals surface area (Å²) in [5.74, 6) is -0.431. The van der Waals surface area contributed by atoms with Crippen LogP contribution in [0.25, 0.3) is 22.6 Å². The first kappa shape index (κ1) is 21.9. The number of nitrogens with one attached hydrogen (secondary N) is 1. The maximum absolute atomic E-state index is 13.8. The first-order chi connectivity index (χ1) is 16.6. The summed E-state index contributed by atoms with van der Waals surface area (Å²) in [5.41, 5.74) is 2.47. The Balaban J connectivity index is 1.22. The quantitative estimate of drug-likeness (QED) is 0.489. The van der Waals surface area contributed by atoms with Gasteiger partial charge in [0.1, 0.15) is 23.0 Å². The maximum atomic E-state index is 13.8. The fraction of sp³-hybridized carbons (Fsp3) is 0.250. The van der Waals surface area contributed by atoms with Crippen LogP contribution >= 0.6 is 0 Å². The van der Waals surface area contributed by atoms with E-state index in [0.717, 1.165) is 47.3 Å². The van der Waals surface area contributed by atoms with Gasteiger partial charge in [-0.25, -0.2) is 23.5 Å². The van der Waals surface area contributed by atoms with Crippen molar-refractivity contribution in [3.05, 3.63) is 72.7 Å². The molecule has 0 atom stereocenters. The summed E-state index contributed by atoms with van der Waals surface area (Å²) in [6, 6.07) is 10.2. The van der Waals surface area contributed by atoms with Crippen LogP contribution in [0.1, 0.15) is 0 Å². The highest BCUT2D eigenvalue weighted by atomic mass is 19.1. The summed E-state index contributed by atoms with van der Waals surface area (Å²) in [4.78, 5) is 29.8. The van der Waals surface area contributed by atoms with E-state index in [1.807, 2.05) is 24.3 Å². The number of anilines is 1. The number of pyridine rings is 2. The number of hydrogen-bond acceptors (Lipinski definition) is 5. The Morgan fingerprint density at radius 1 is 0.971 bits per heavy atom. The number of fused-ring (bicyclic) bond motifs is 1. The molecule has 0 bridgehead atoms. The third-order valence-corrected chi connectivity index (χ3v) is 5.91. The van der Waals surface area contributed by atoms with Crippen molar-refractivity contribution in [1.82, 2.24) is 29.3 Å². The maximum Gasteiger partial charge on any atom is 0.322 e. The van der Waals surface area contributed by atoms with Crippen molar-refractivity contribution in [3.63, 3.8) is 0 Å². The molecule has 10 heteroatoms. The largest absolute Gasteiger partial charge is 0.322 e. The molecule has 1 N–H and O–H groups in total. The van der Waals surface area contributed by atoms with E-state index in [1.165, 1.54) is 0 Å². The smallest absolute Gasteiger partial charge is 0.322 e. The molecule has 4 heterocycles. The van der Waals surface area contributed by atoms with Gasteiger partial charge in [-0.2, -0.15) is 0 Å². The topological polar surface area (TPSA) is 79.2 Å². The number of carbonyl (C=O) groups is 1. The number of rotatable bonds is 5. The number of hydrogen-bond donors (Lipinski definition) is 1. The van der Waals surface area contributed by atoms with Gasteiger partial charge in [0, 0.05) is 69.5 Å². The molecule has 34 heavy (non-hydrogen) atoms. The van der Waals surface area contributed by atoms with Crippen molar-refractivity contribution < 1.29 is 13.6 Å². The third-order valence-electron chi connectivity index (χ3n) is 5.91. The van der Waals surface area contributed by atoms with Crippen molar-refractivity contribution in [2.24, 2.45) is 0 Å². The Morgan fingerprint density at radius 3 is 2.56 bits per heavy atom. The van der Waals surface area contributed by atoms with Gasteiger partial charge >= 0.3 is 6.03 Å². The highest BCUT2D eigenvalue weighted by Crippen LogP contribution is 2.23. The molecule has 0 spiro atoms. The Labute approximate surface area is 194 Å². The van der Waals surface area contributed by atoms with Crippen LogP contribution in [-0.4, -0.2) is 68.1 Å². The normalized spacial score (nSPS) is 14.5. The van der Waals surface area contributed by atoms with Gasteiger partial charge in [-0.3, -0.25) is 9.88 Å². The zero-order valence-electron chi connectivity index (χ0n) is 18.4. The molecule has 4 aromatic rings. The molecule has 1 aromatic carbocycles. The molecular formula is C24H23F2N7O. The average Bonchev–Trinajstić information content (AvgIpc) is 3.24. The molecule has 3 aromatic heterocycles. The minimum absolute atomic E-state index is 0.157. The molecule has 0 aliphatic carbocycles. The van der Waals surface area contributed by atoms with Gasteiger partial charge in [-0.05, 0) is 36.4 Å². The van der Waals surface area contributed by atoms with Gasteiger partial charge in [-0.1, -0.05) is 0 Å². The van der Waals surface area contributed by atoms with Crippen LogP contribution in [0.5, 0.6) is 0 Å². The second-order valence-corrected chi connectivity index (χ2v) is 8.05. The number of nitrogens with zero attached hydrogens (tertiary/aromatic N) is 6. The van der Waals surface area contributed by atoms with Crippen molar-refractivity contribution in [2.75, 3.05) is 38.0 Å². The number of urea groups is 1. The summed E-state index contributed by atoms with van der Waals surface area (Å²) in [6.07, 6.45) is 5.24. The van der Waals surface area contributed by atoms with Gasteiger partial charge in [0.2, 0.25) is 0 Å². The predicted molar refractivity (Wildman–Crippen MR) is 124 cm³/mol. The van der Waals surface area contributed by atoms with Gasteiger partial charge in [0.15, 0.2) is 5.65 Å². The zero-order valence-corrected chi connectivity index (χ0v) is 18.4. The molecule has 1 fully saturated rings. The average molecular weight is 463 g/mol. The van der Waals surface area contributed by atoms with E-state index in [0.29, 0.717) is 32.7 Å². The lowest BCUT2D eigenvalue weighted by Crippen LogP contribution is -2.50. The summed E-state index contributed by atoms with van der Waals surface area (Å²) < 4.78 is 29.3. The molecule has 1 saturated heterocycles. The number of aromatic nitrogens is 4. The number of amides is 2. The lowest BCUT2D eigenvalue weighted by Gasteiger charge is -2.34. The van der Waals surface area contributed by atoms with Gasteiger partial charge < -0.3 is 14.8 Å². The summed E-state index contributed by atoms with van der Waals surface area (Å²) >= 11 is 0. The molecule has 5 rings (SSSR count). The second kappa shape index (κ2) is 9.52. The third kappa shape index (κ3) is 4.58. The second-order valence-electron chi connectivity index (χ2n) is 8.05. The number of benzene rings is 1. The van der Waals surface area contributed by atoms with Crippen LogP contribution in [0.2, 0.25) is 0 Å². The molecule has 174 valence electrons. The lowest BCUT2D eigenvalue weighted by molar-refractivity contribution is 0.144. The Hall–Kier alpha value is -3.92. The van der Waals surface area contributed by atoms with E-state index in [-0.39, 0.29) is 5.69 Å². The highest BCUT2D eigenvalue weighted by molar-refractivity contribution is 5.89. The Bertz CT molecular complexity index is 1300. The molecule has 1 aliphatic heterocycles. The number of piperazine rings is 1. The fourth-order valence-corrected chi connectivity index (χ4v) is 4.10. The van der Waals surface area contributed by atoms with Crippen molar-refractivity contribution in [1.29, 1.82) is 0 Å². The molecule has 1 aliphatic rings. The van der Waals surface area contributed by atoms with E-state index in [9.17, 15) is 13.6 Å².